The van der Waals surface area contributed by atoms with E-state index in [-0.39, 0.29) is 31.2 Å². The van der Waals surface area contributed by atoms with E-state index in [0.29, 0.717) is 33.8 Å². The minimum absolute atomic E-state index is 0.121. The van der Waals surface area contributed by atoms with Gasteiger partial charge in [0, 0.05) is 23.5 Å². The molecule has 0 radical (unpaired) electrons. The molecule has 0 aliphatic rings. The number of halogens is 1. The molecular formula is C41H61FN2O5. The van der Waals surface area contributed by atoms with Crippen molar-refractivity contribution in [2.75, 3.05) is 5.32 Å². The molecule has 49 heavy (non-hydrogen) atoms. The minimum atomic E-state index is -1.20. The minimum Gasteiger partial charge on any atom is -0.481 e. The predicted octanol–water partition coefficient (Wildman–Crippen LogP) is 10.5. The molecule has 2 atom stereocenters. The normalized spacial score (nSPS) is 12.8. The predicted molar refractivity (Wildman–Crippen MR) is 206 cm³/mol. The molecule has 2 rings (SSSR count). The Morgan fingerprint density at radius 2 is 1.53 bits per heavy atom. The number of benzene rings is 1. The molecule has 0 saturated heterocycles. The lowest BCUT2D eigenvalue weighted by Crippen LogP contribution is -2.23. The SMILES string of the molecule is C=C/C=C\C(=C/C)c1c(C(=O)Nc2ccccc2)c(C(C)C)n(CCC(O)CC(O)CC(=O)O)c1/C(C=C)=C/C=C(\C)F.CC.CC.CC. The lowest BCUT2D eigenvalue weighted by atomic mass is 9.93. The molecule has 1 amide bonds. The molecule has 0 spiro atoms. The highest BCUT2D eigenvalue weighted by Crippen LogP contribution is 2.39. The van der Waals surface area contributed by atoms with Gasteiger partial charge < -0.3 is 25.2 Å². The first kappa shape index (κ1) is 46.8. The van der Waals surface area contributed by atoms with E-state index < -0.39 is 30.4 Å². The zero-order valence-corrected chi connectivity index (χ0v) is 31.4. The third-order valence-corrected chi connectivity index (χ3v) is 6.75. The molecule has 4 N–H and O–H groups in total. The van der Waals surface area contributed by atoms with Crippen LogP contribution in [0.2, 0.25) is 0 Å². The first-order valence-electron chi connectivity index (χ1n) is 17.3. The van der Waals surface area contributed by atoms with Crippen molar-refractivity contribution < 1.29 is 29.3 Å². The summed E-state index contributed by atoms with van der Waals surface area (Å²) in [4.78, 5) is 25.1. The number of carboxylic acids is 1. The van der Waals surface area contributed by atoms with Crippen LogP contribution in [0, 0.1) is 0 Å². The van der Waals surface area contributed by atoms with Crippen molar-refractivity contribution in [1.82, 2.24) is 4.57 Å². The molecule has 0 aliphatic heterocycles. The number of nitrogens with one attached hydrogen (secondary N) is 1. The van der Waals surface area contributed by atoms with Crippen LogP contribution in [0.5, 0.6) is 0 Å². The van der Waals surface area contributed by atoms with Gasteiger partial charge in [0.2, 0.25) is 0 Å². The van der Waals surface area contributed by atoms with Gasteiger partial charge in [0.15, 0.2) is 0 Å². The first-order valence-corrected chi connectivity index (χ1v) is 17.3. The molecule has 272 valence electrons. The fourth-order valence-electron chi connectivity index (χ4n) is 4.93. The fourth-order valence-corrected chi connectivity index (χ4v) is 4.93. The maximum absolute atomic E-state index is 14.1. The summed E-state index contributed by atoms with van der Waals surface area (Å²) in [6, 6.07) is 9.09. The Hall–Kier alpha value is -4.27. The fraction of sp³-hybridized carbons (Fsp3) is 0.415. The van der Waals surface area contributed by atoms with Gasteiger partial charge in [-0.25, -0.2) is 4.39 Å². The largest absolute Gasteiger partial charge is 0.481 e. The van der Waals surface area contributed by atoms with Gasteiger partial charge in [-0.2, -0.15) is 0 Å². The Kier molecular flexibility index (Phi) is 25.5. The molecule has 1 aromatic carbocycles. The number of aliphatic hydroxyl groups is 2. The van der Waals surface area contributed by atoms with Crippen LogP contribution in [0.4, 0.5) is 10.1 Å². The number of aliphatic hydroxyl groups excluding tert-OH is 2. The van der Waals surface area contributed by atoms with Gasteiger partial charge in [-0.3, -0.25) is 9.59 Å². The van der Waals surface area contributed by atoms with E-state index in [9.17, 15) is 24.2 Å². The molecule has 0 bridgehead atoms. The van der Waals surface area contributed by atoms with E-state index >= 15 is 0 Å². The Morgan fingerprint density at radius 1 is 0.939 bits per heavy atom. The first-order chi connectivity index (χ1) is 23.4. The number of anilines is 1. The number of amides is 1. The second-order valence-corrected chi connectivity index (χ2v) is 10.5. The van der Waals surface area contributed by atoms with Gasteiger partial charge in [0.1, 0.15) is 0 Å². The summed E-state index contributed by atoms with van der Waals surface area (Å²) in [7, 11) is 0. The number of allylic oxidation sites excluding steroid dienone is 10. The van der Waals surface area contributed by atoms with Crippen molar-refractivity contribution in [1.29, 1.82) is 0 Å². The molecule has 0 saturated carbocycles. The highest BCUT2D eigenvalue weighted by molar-refractivity contribution is 6.11. The van der Waals surface area contributed by atoms with Gasteiger partial charge in [0.05, 0.1) is 35.7 Å². The van der Waals surface area contributed by atoms with Gasteiger partial charge in [-0.05, 0) is 62.0 Å². The van der Waals surface area contributed by atoms with Gasteiger partial charge in [-0.15, -0.1) is 0 Å². The van der Waals surface area contributed by atoms with Crippen LogP contribution in [0.15, 0.2) is 91.8 Å². The van der Waals surface area contributed by atoms with Crippen LogP contribution >= 0.6 is 0 Å². The highest BCUT2D eigenvalue weighted by atomic mass is 19.1. The summed E-state index contributed by atoms with van der Waals surface area (Å²) >= 11 is 0. The third kappa shape index (κ3) is 15.7. The highest BCUT2D eigenvalue weighted by Gasteiger charge is 2.31. The molecule has 0 aliphatic carbocycles. The number of nitrogens with zero attached hydrogens (tertiary/aromatic N) is 1. The number of aliphatic carboxylic acids is 1. The molecule has 2 unspecified atom stereocenters. The second kappa shape index (κ2) is 26.7. The summed E-state index contributed by atoms with van der Waals surface area (Å²) in [6.45, 7) is 27.1. The van der Waals surface area contributed by atoms with Crippen LogP contribution in [0.3, 0.4) is 0 Å². The molecule has 8 heteroatoms. The molecule has 1 aromatic heterocycles. The Bertz CT molecular complexity index is 1410. The number of hydrogen-bond acceptors (Lipinski definition) is 4. The van der Waals surface area contributed by atoms with Crippen molar-refractivity contribution >= 4 is 28.7 Å². The summed E-state index contributed by atoms with van der Waals surface area (Å²) in [5.74, 6) is -2.07. The molecule has 1 heterocycles. The molecule has 7 nitrogen and oxygen atoms in total. The monoisotopic (exact) mass is 680 g/mol. The lowest BCUT2D eigenvalue weighted by molar-refractivity contribution is -0.139. The van der Waals surface area contributed by atoms with Crippen LogP contribution in [0.1, 0.15) is 122 Å². The second-order valence-electron chi connectivity index (χ2n) is 10.5. The maximum Gasteiger partial charge on any atom is 0.305 e. The average Bonchev–Trinajstić information content (AvgIpc) is 3.42. The third-order valence-electron chi connectivity index (χ3n) is 6.75. The van der Waals surface area contributed by atoms with Crippen LogP contribution in [0.25, 0.3) is 11.1 Å². The maximum atomic E-state index is 14.1. The van der Waals surface area contributed by atoms with E-state index in [1.54, 1.807) is 36.4 Å². The van der Waals surface area contributed by atoms with E-state index in [1.165, 1.54) is 13.0 Å². The van der Waals surface area contributed by atoms with Crippen LogP contribution in [-0.2, 0) is 11.3 Å². The van der Waals surface area contributed by atoms with Crippen LogP contribution < -0.4 is 5.32 Å². The summed E-state index contributed by atoms with van der Waals surface area (Å²) in [5.41, 5.74) is 4.22. The van der Waals surface area contributed by atoms with E-state index in [1.807, 2.05) is 97.2 Å². The van der Waals surface area contributed by atoms with Crippen molar-refractivity contribution in [3.63, 3.8) is 0 Å². The number of para-hydroxylation sites is 1. The van der Waals surface area contributed by atoms with Gasteiger partial charge in [0.25, 0.3) is 5.91 Å². The Labute approximate surface area is 295 Å². The number of hydrogen-bond donors (Lipinski definition) is 4. The summed E-state index contributed by atoms with van der Waals surface area (Å²) in [6.07, 6.45) is 8.97. The lowest BCUT2D eigenvalue weighted by Gasteiger charge is -2.20. The van der Waals surface area contributed by atoms with Crippen LogP contribution in [-0.4, -0.2) is 44.0 Å². The average molecular weight is 681 g/mol. The van der Waals surface area contributed by atoms with E-state index in [2.05, 4.69) is 18.5 Å². The Balaban J connectivity index is 0. The van der Waals surface area contributed by atoms with E-state index in [0.717, 1.165) is 5.57 Å². The van der Waals surface area contributed by atoms with E-state index in [4.69, 9.17) is 5.11 Å². The smallest absolute Gasteiger partial charge is 0.305 e. The number of carbonyl (C=O) groups is 2. The standard InChI is InChI=1S/C35H43FN2O5.3C2H6/c1-7-10-14-25(8-2)31-32(35(43)37-27-15-12-11-13-16-27)33(23(4)5)38(34(31)26(9-3)18-17-24(6)36)20-19-28(39)21-29(40)22-30(41)42;3*1-2/h7-18,23,28-29,39-40H,1,3,19-22H2,2,4-6H3,(H,37,43)(H,41,42);3*1-2H3/b14-10-,24-17+,25-8+,26-18+;;;. The van der Waals surface area contributed by atoms with Gasteiger partial charge >= 0.3 is 5.97 Å². The van der Waals surface area contributed by atoms with Crippen molar-refractivity contribution in [3.8, 4) is 0 Å². The van der Waals surface area contributed by atoms with Crippen molar-refractivity contribution in [3.05, 3.63) is 114 Å². The van der Waals surface area contributed by atoms with Crippen molar-refractivity contribution in [2.24, 2.45) is 0 Å². The zero-order valence-electron chi connectivity index (χ0n) is 31.4. The number of rotatable bonds is 16. The quantitative estimate of drug-likeness (QED) is 0.132. The number of carbonyl (C=O) groups excluding carboxylic acids is 1. The Morgan fingerprint density at radius 3 is 2.00 bits per heavy atom. The van der Waals surface area contributed by atoms with Crippen molar-refractivity contribution in [2.45, 2.75) is 113 Å². The molecule has 0 fully saturated rings. The molecular weight excluding hydrogens is 619 g/mol. The van der Waals surface area contributed by atoms with Gasteiger partial charge in [-0.1, -0.05) is 123 Å². The summed E-state index contributed by atoms with van der Waals surface area (Å²) < 4.78 is 15.9. The summed E-state index contributed by atoms with van der Waals surface area (Å²) in [5, 5.41) is 32.9. The zero-order chi connectivity index (χ0) is 38.1. The number of carboxylic acid groups (broad SMARTS) is 1. The molecule has 2 aromatic rings. The number of aromatic nitrogens is 1. The topological polar surface area (TPSA) is 112 Å².